The number of ketones is 2. The molecule has 0 heterocycles. The van der Waals surface area contributed by atoms with Crippen LogP contribution in [0.2, 0.25) is 0 Å². The van der Waals surface area contributed by atoms with Crippen molar-refractivity contribution in [3.63, 3.8) is 0 Å². The second-order valence-electron chi connectivity index (χ2n) is 10.7. The second-order valence-corrected chi connectivity index (χ2v) is 12.1. The minimum Gasteiger partial charge on any atom is -0.458 e. The van der Waals surface area contributed by atoms with E-state index in [1.54, 1.807) is 6.92 Å². The first kappa shape index (κ1) is 23.7. The number of hydrogen-bond donors (Lipinski definition) is 1. The maximum Gasteiger partial charge on any atom is 0.303 e. The Balaban J connectivity index is 1.65. The Morgan fingerprint density at radius 2 is 1.81 bits per heavy atom. The molecule has 0 aromatic rings. The van der Waals surface area contributed by atoms with E-state index in [4.69, 9.17) is 4.74 Å². The molecule has 176 valence electrons. The molecule has 7 atom stereocenters. The summed E-state index contributed by atoms with van der Waals surface area (Å²) in [5.41, 5.74) is -1.09. The number of aliphatic hydroxyl groups is 1. The summed E-state index contributed by atoms with van der Waals surface area (Å²) in [4.78, 5) is 48.6. The van der Waals surface area contributed by atoms with Crippen LogP contribution < -0.4 is 0 Å². The van der Waals surface area contributed by atoms with Crippen molar-refractivity contribution < 1.29 is 29.0 Å². The predicted octanol–water partition coefficient (Wildman–Crippen LogP) is 3.64. The molecule has 0 unspecified atom stereocenters. The van der Waals surface area contributed by atoms with Crippen molar-refractivity contribution in [1.82, 2.24) is 0 Å². The fourth-order valence-electron chi connectivity index (χ4n) is 7.71. The number of hydrogen-bond acceptors (Lipinski definition) is 7. The number of ether oxygens (including phenoxy) is 1. The van der Waals surface area contributed by atoms with Gasteiger partial charge in [-0.05, 0) is 62.4 Å². The Morgan fingerprint density at radius 1 is 1.12 bits per heavy atom. The Bertz CT molecular complexity index is 895. The lowest BCUT2D eigenvalue weighted by atomic mass is 9.46. The average Bonchev–Trinajstić information content (AvgIpc) is 2.99. The van der Waals surface area contributed by atoms with Gasteiger partial charge in [0, 0.05) is 36.3 Å². The van der Waals surface area contributed by atoms with Gasteiger partial charge in [0.2, 0.25) is 5.78 Å². The molecule has 0 bridgehead atoms. The third kappa shape index (κ3) is 3.42. The van der Waals surface area contributed by atoms with Crippen molar-refractivity contribution in [3.05, 3.63) is 11.6 Å². The van der Waals surface area contributed by atoms with Gasteiger partial charge in [0.15, 0.2) is 17.5 Å². The SMILES string of the molecule is CC(=O)OCC(=O)[C@]1(O)CC[C@H]2[C@@H]3CCC4=CC(=O)C[C@H](SC(C)=O)[C@]4(C)[C@H]3CC[C@@]21C. The molecule has 4 aliphatic rings. The zero-order valence-electron chi connectivity index (χ0n) is 19.4. The van der Waals surface area contributed by atoms with Crippen LogP contribution in [0.25, 0.3) is 0 Å². The molecule has 1 N–H and O–H groups in total. The van der Waals surface area contributed by atoms with Crippen LogP contribution in [0.4, 0.5) is 0 Å². The maximum absolute atomic E-state index is 13.0. The third-order valence-corrected chi connectivity index (χ3v) is 10.6. The van der Waals surface area contributed by atoms with Gasteiger partial charge in [-0.1, -0.05) is 31.2 Å². The van der Waals surface area contributed by atoms with E-state index in [9.17, 15) is 24.3 Å². The number of fused-ring (bicyclic) bond motifs is 5. The highest BCUT2D eigenvalue weighted by Gasteiger charge is 2.67. The van der Waals surface area contributed by atoms with Crippen molar-refractivity contribution in [2.75, 3.05) is 6.61 Å². The third-order valence-electron chi connectivity index (χ3n) is 9.36. The molecule has 3 fully saturated rings. The average molecular weight is 463 g/mol. The fraction of sp³-hybridized carbons (Fsp3) is 0.760. The Morgan fingerprint density at radius 3 is 2.47 bits per heavy atom. The lowest BCUT2D eigenvalue weighted by Gasteiger charge is -2.60. The number of carbonyl (C=O) groups is 4. The molecule has 4 rings (SSSR count). The first-order valence-electron chi connectivity index (χ1n) is 11.7. The van der Waals surface area contributed by atoms with E-state index in [2.05, 4.69) is 6.92 Å². The number of esters is 1. The molecule has 0 aliphatic heterocycles. The topological polar surface area (TPSA) is 97.7 Å². The molecule has 4 aliphatic carbocycles. The second kappa shape index (κ2) is 8.08. The smallest absolute Gasteiger partial charge is 0.303 e. The maximum atomic E-state index is 13.0. The summed E-state index contributed by atoms with van der Waals surface area (Å²) in [5, 5.41) is 11.6. The summed E-state index contributed by atoms with van der Waals surface area (Å²) in [7, 11) is 0. The van der Waals surface area contributed by atoms with Crippen LogP contribution in [0.1, 0.15) is 72.6 Å². The Kier molecular flexibility index (Phi) is 5.98. The van der Waals surface area contributed by atoms with Crippen LogP contribution in [-0.4, -0.2) is 45.2 Å². The molecule has 0 aromatic carbocycles. The first-order chi connectivity index (χ1) is 14.9. The fourth-order valence-corrected chi connectivity index (χ4v) is 8.93. The summed E-state index contributed by atoms with van der Waals surface area (Å²) in [6.07, 6.45) is 6.68. The van der Waals surface area contributed by atoms with Crippen LogP contribution >= 0.6 is 11.8 Å². The quantitative estimate of drug-likeness (QED) is 0.637. The zero-order chi connectivity index (χ0) is 23.5. The van der Waals surface area contributed by atoms with Gasteiger partial charge >= 0.3 is 5.97 Å². The van der Waals surface area contributed by atoms with Crippen molar-refractivity contribution in [1.29, 1.82) is 0 Å². The van der Waals surface area contributed by atoms with E-state index < -0.39 is 22.8 Å². The number of allylic oxidation sites excluding steroid dienone is 1. The van der Waals surface area contributed by atoms with Gasteiger partial charge in [0.05, 0.1) is 0 Å². The van der Waals surface area contributed by atoms with Gasteiger partial charge in [-0.2, -0.15) is 0 Å². The molecular formula is C25H34O6S. The molecular weight excluding hydrogens is 428 g/mol. The van der Waals surface area contributed by atoms with Crippen LogP contribution in [-0.2, 0) is 23.9 Å². The Labute approximate surface area is 193 Å². The molecule has 3 saturated carbocycles. The van der Waals surface area contributed by atoms with Crippen LogP contribution in [0.3, 0.4) is 0 Å². The van der Waals surface area contributed by atoms with Gasteiger partial charge in [-0.3, -0.25) is 19.2 Å². The lowest BCUT2D eigenvalue weighted by molar-refractivity contribution is -0.169. The van der Waals surface area contributed by atoms with E-state index in [-0.39, 0.29) is 34.1 Å². The standard InChI is InChI=1S/C25H34O6S/c1-14(26)31-13-21(29)25(30)10-8-19-18-6-5-16-11-17(28)12-22(32-15(2)27)24(16,4)20(18)7-9-23(19,25)3/h11,18-20,22,30H,5-10,12-13H2,1-4H3/t18-,19-,20-,22-,23-,24-,25+/m0/s1. The number of Topliss-reactive ketones (excluding diaryl/α,β-unsaturated/α-hetero) is 1. The van der Waals surface area contributed by atoms with Gasteiger partial charge in [0.1, 0.15) is 5.60 Å². The van der Waals surface area contributed by atoms with Gasteiger partial charge in [-0.15, -0.1) is 0 Å². The monoisotopic (exact) mass is 462 g/mol. The predicted molar refractivity (Wildman–Crippen MR) is 121 cm³/mol. The van der Waals surface area contributed by atoms with Crippen LogP contribution in [0.15, 0.2) is 11.6 Å². The van der Waals surface area contributed by atoms with Crippen molar-refractivity contribution in [3.8, 4) is 0 Å². The molecule has 32 heavy (non-hydrogen) atoms. The van der Waals surface area contributed by atoms with Gasteiger partial charge in [0.25, 0.3) is 0 Å². The van der Waals surface area contributed by atoms with Crippen LogP contribution in [0.5, 0.6) is 0 Å². The van der Waals surface area contributed by atoms with E-state index >= 15 is 0 Å². The summed E-state index contributed by atoms with van der Waals surface area (Å²) in [6, 6.07) is 0. The lowest BCUT2D eigenvalue weighted by Crippen LogP contribution is -2.59. The summed E-state index contributed by atoms with van der Waals surface area (Å²) < 4.78 is 4.94. The minimum absolute atomic E-state index is 0.0411. The van der Waals surface area contributed by atoms with E-state index in [0.29, 0.717) is 31.1 Å². The molecule has 6 nitrogen and oxygen atoms in total. The van der Waals surface area contributed by atoms with Crippen LogP contribution in [0, 0.1) is 28.6 Å². The van der Waals surface area contributed by atoms with Gasteiger partial charge < -0.3 is 9.84 Å². The highest BCUT2D eigenvalue weighted by atomic mass is 32.2. The molecule has 0 aromatic heterocycles. The molecule has 7 heteroatoms. The van der Waals surface area contributed by atoms with Crippen molar-refractivity contribution in [2.24, 2.45) is 28.6 Å². The molecule has 0 amide bonds. The highest BCUT2D eigenvalue weighted by molar-refractivity contribution is 8.14. The van der Waals surface area contributed by atoms with Crippen molar-refractivity contribution >= 4 is 34.4 Å². The van der Waals surface area contributed by atoms with E-state index in [1.165, 1.54) is 24.3 Å². The number of rotatable bonds is 4. The number of thioether (sulfide) groups is 1. The van der Waals surface area contributed by atoms with E-state index in [0.717, 1.165) is 25.7 Å². The molecule has 0 spiro atoms. The summed E-state index contributed by atoms with van der Waals surface area (Å²) in [6.45, 7) is 6.72. The zero-order valence-corrected chi connectivity index (χ0v) is 20.3. The molecule has 0 radical (unpaired) electrons. The highest BCUT2D eigenvalue weighted by Crippen LogP contribution is 2.68. The largest absolute Gasteiger partial charge is 0.458 e. The normalized spacial score (nSPS) is 42.9. The van der Waals surface area contributed by atoms with Gasteiger partial charge in [-0.25, -0.2) is 0 Å². The summed E-state index contributed by atoms with van der Waals surface area (Å²) in [5.74, 6) is 0.0251. The van der Waals surface area contributed by atoms with E-state index in [1.807, 2.05) is 13.0 Å². The molecule has 0 saturated heterocycles. The minimum atomic E-state index is -1.48. The Hall–Kier alpha value is -1.47. The number of carbonyl (C=O) groups excluding carboxylic acids is 4. The first-order valence-corrected chi connectivity index (χ1v) is 12.6. The summed E-state index contributed by atoms with van der Waals surface area (Å²) >= 11 is 1.31. The van der Waals surface area contributed by atoms with Crippen molar-refractivity contribution in [2.45, 2.75) is 83.5 Å².